The maximum Gasteiger partial charge on any atom is 0.236 e. The van der Waals surface area contributed by atoms with Crippen LogP contribution < -0.4 is 10.2 Å². The van der Waals surface area contributed by atoms with E-state index in [0.29, 0.717) is 0 Å². The molecule has 0 radical (unpaired) electrons. The van der Waals surface area contributed by atoms with E-state index in [1.807, 2.05) is 11.8 Å². The van der Waals surface area contributed by atoms with E-state index < -0.39 is 0 Å². The van der Waals surface area contributed by atoms with Crippen LogP contribution in [0.15, 0.2) is 42.5 Å². The van der Waals surface area contributed by atoms with Crippen molar-refractivity contribution in [3.05, 3.63) is 70.7 Å². The van der Waals surface area contributed by atoms with Gasteiger partial charge in [-0.1, -0.05) is 32.0 Å². The topological polar surface area (TPSA) is 58.9 Å². The highest BCUT2D eigenvalue weighted by atomic mass is 32.2. The molecule has 1 aromatic carbocycles. The van der Waals surface area contributed by atoms with E-state index in [9.17, 15) is 0 Å². The predicted molar refractivity (Wildman–Crippen MR) is 153 cm³/mol. The van der Waals surface area contributed by atoms with Crippen LogP contribution in [-0.2, 0) is 6.42 Å². The second kappa shape index (κ2) is 10.5. The highest BCUT2D eigenvalue weighted by Crippen LogP contribution is 2.34. The average Bonchev–Trinajstić information content (AvgIpc) is 3.24. The van der Waals surface area contributed by atoms with Crippen LogP contribution in [0, 0.1) is 20.8 Å². The van der Waals surface area contributed by atoms with Crippen LogP contribution in [0.4, 0.5) is 11.6 Å². The fourth-order valence-electron chi connectivity index (χ4n) is 5.18. The molecule has 0 saturated carbocycles. The van der Waals surface area contributed by atoms with Crippen molar-refractivity contribution in [2.45, 2.75) is 53.5 Å². The smallest absolute Gasteiger partial charge is 0.236 e. The Kier molecular flexibility index (Phi) is 7.19. The van der Waals surface area contributed by atoms with E-state index in [4.69, 9.17) is 15.0 Å². The van der Waals surface area contributed by atoms with E-state index in [1.165, 1.54) is 16.5 Å². The highest BCUT2D eigenvalue weighted by molar-refractivity contribution is 7.99. The number of thioether (sulfide) groups is 1. The molecular formula is C29H36N6S. The van der Waals surface area contributed by atoms with Crippen LogP contribution in [0.3, 0.4) is 0 Å². The Morgan fingerprint density at radius 3 is 2.36 bits per heavy atom. The summed E-state index contributed by atoms with van der Waals surface area (Å²) in [5.74, 6) is 5.04. The zero-order valence-corrected chi connectivity index (χ0v) is 22.8. The van der Waals surface area contributed by atoms with Crippen LogP contribution in [0.25, 0.3) is 16.9 Å². The molecule has 5 rings (SSSR count). The Labute approximate surface area is 218 Å². The summed E-state index contributed by atoms with van der Waals surface area (Å²) in [4.78, 5) is 17.6. The summed E-state index contributed by atoms with van der Waals surface area (Å²) >= 11 is 2.02. The third kappa shape index (κ3) is 4.69. The SMILES string of the molecule is CCc1c(C)nc(-n2c(C)ccc2C)nc1NC(CC)c1cc2ccccc2nc1N1CCSCC1. The largest absolute Gasteiger partial charge is 0.363 e. The zero-order chi connectivity index (χ0) is 25.2. The Hall–Kier alpha value is -3.06. The number of hydrogen-bond acceptors (Lipinski definition) is 6. The number of para-hydroxylation sites is 1. The van der Waals surface area contributed by atoms with Gasteiger partial charge in [-0.15, -0.1) is 0 Å². The Morgan fingerprint density at radius 1 is 0.944 bits per heavy atom. The van der Waals surface area contributed by atoms with Crippen molar-refractivity contribution in [3.63, 3.8) is 0 Å². The maximum atomic E-state index is 5.19. The number of benzene rings is 1. The molecule has 0 spiro atoms. The molecule has 1 unspecified atom stereocenters. The van der Waals surface area contributed by atoms with Gasteiger partial charge in [-0.2, -0.15) is 16.7 Å². The van der Waals surface area contributed by atoms with Gasteiger partial charge in [0.25, 0.3) is 0 Å². The van der Waals surface area contributed by atoms with Gasteiger partial charge in [0.15, 0.2) is 0 Å². The lowest BCUT2D eigenvalue weighted by atomic mass is 10.0. The molecule has 0 aliphatic carbocycles. The van der Waals surface area contributed by atoms with Crippen molar-refractivity contribution in [2.24, 2.45) is 0 Å². The highest BCUT2D eigenvalue weighted by Gasteiger charge is 2.24. The fraction of sp³-hybridized carbons (Fsp3) is 0.414. The minimum atomic E-state index is 0.0889. The Morgan fingerprint density at radius 2 is 1.67 bits per heavy atom. The summed E-state index contributed by atoms with van der Waals surface area (Å²) in [5.41, 5.74) is 6.77. The van der Waals surface area contributed by atoms with Crippen molar-refractivity contribution in [1.82, 2.24) is 19.5 Å². The molecule has 7 heteroatoms. The minimum absolute atomic E-state index is 0.0889. The molecular weight excluding hydrogens is 464 g/mol. The molecule has 1 aliphatic rings. The zero-order valence-electron chi connectivity index (χ0n) is 22.0. The lowest BCUT2D eigenvalue weighted by molar-refractivity contribution is 0.722. The molecule has 1 aliphatic heterocycles. The number of aromatic nitrogens is 4. The number of aryl methyl sites for hydroxylation is 3. The number of rotatable bonds is 7. The first-order chi connectivity index (χ1) is 17.5. The van der Waals surface area contributed by atoms with Crippen LogP contribution in [0.1, 0.15) is 54.5 Å². The number of hydrogen-bond donors (Lipinski definition) is 1. The molecule has 1 saturated heterocycles. The minimum Gasteiger partial charge on any atom is -0.363 e. The summed E-state index contributed by atoms with van der Waals surface area (Å²) in [7, 11) is 0. The Balaban J connectivity index is 1.60. The quantitative estimate of drug-likeness (QED) is 0.316. The van der Waals surface area contributed by atoms with Gasteiger partial charge in [0, 0.05) is 58.2 Å². The fourth-order valence-corrected chi connectivity index (χ4v) is 6.08. The van der Waals surface area contributed by atoms with Crippen molar-refractivity contribution in [1.29, 1.82) is 0 Å². The summed E-state index contributed by atoms with van der Waals surface area (Å²) in [6.45, 7) is 12.8. The molecule has 36 heavy (non-hydrogen) atoms. The van der Waals surface area contributed by atoms with Crippen molar-refractivity contribution >= 4 is 34.3 Å². The van der Waals surface area contributed by atoms with Crippen molar-refractivity contribution < 1.29 is 0 Å². The van der Waals surface area contributed by atoms with Crippen LogP contribution >= 0.6 is 11.8 Å². The number of nitrogens with one attached hydrogen (secondary N) is 1. The second-order valence-electron chi connectivity index (χ2n) is 9.54. The van der Waals surface area contributed by atoms with Gasteiger partial charge < -0.3 is 10.2 Å². The van der Waals surface area contributed by atoms with Gasteiger partial charge in [0.05, 0.1) is 11.6 Å². The summed E-state index contributed by atoms with van der Waals surface area (Å²) < 4.78 is 2.13. The van der Waals surface area contributed by atoms with Crippen LogP contribution in [-0.4, -0.2) is 44.1 Å². The van der Waals surface area contributed by atoms with Crippen molar-refractivity contribution in [3.8, 4) is 5.95 Å². The summed E-state index contributed by atoms with van der Waals surface area (Å²) in [6, 6.07) is 15.1. The van der Waals surface area contributed by atoms with E-state index in [2.05, 4.69) is 91.9 Å². The molecule has 4 heterocycles. The van der Waals surface area contributed by atoms with E-state index in [0.717, 1.165) is 77.6 Å². The van der Waals surface area contributed by atoms with Gasteiger partial charge >= 0.3 is 0 Å². The van der Waals surface area contributed by atoms with E-state index in [1.54, 1.807) is 0 Å². The summed E-state index contributed by atoms with van der Waals surface area (Å²) in [6.07, 6.45) is 1.80. The van der Waals surface area contributed by atoms with Gasteiger partial charge in [-0.3, -0.25) is 4.57 Å². The van der Waals surface area contributed by atoms with Gasteiger partial charge in [0.2, 0.25) is 5.95 Å². The molecule has 0 bridgehead atoms. The van der Waals surface area contributed by atoms with E-state index >= 15 is 0 Å². The Bertz CT molecular complexity index is 1350. The van der Waals surface area contributed by atoms with Crippen molar-refractivity contribution in [2.75, 3.05) is 34.8 Å². The molecule has 4 aromatic rings. The lowest BCUT2D eigenvalue weighted by Crippen LogP contribution is -2.34. The maximum absolute atomic E-state index is 5.19. The number of fused-ring (bicyclic) bond motifs is 1. The summed E-state index contributed by atoms with van der Waals surface area (Å²) in [5, 5.41) is 5.03. The standard InChI is InChI=1S/C29H36N6S/c1-6-23-21(5)30-29(35-19(3)12-13-20(35)4)33-27(23)31-25(7-2)24-18-22-10-8-9-11-26(22)32-28(24)34-14-16-36-17-15-34/h8-13,18,25H,6-7,14-17H2,1-5H3,(H,30,31,33). The molecule has 188 valence electrons. The first-order valence-corrected chi connectivity index (χ1v) is 14.2. The lowest BCUT2D eigenvalue weighted by Gasteiger charge is -2.32. The van der Waals surface area contributed by atoms with Gasteiger partial charge in [-0.25, -0.2) is 9.97 Å². The molecule has 1 atom stereocenters. The van der Waals surface area contributed by atoms with Crippen LogP contribution in [0.2, 0.25) is 0 Å². The first-order valence-electron chi connectivity index (χ1n) is 13.0. The van der Waals surface area contributed by atoms with E-state index in [-0.39, 0.29) is 6.04 Å². The molecule has 1 N–H and O–H groups in total. The number of anilines is 2. The monoisotopic (exact) mass is 500 g/mol. The molecule has 0 amide bonds. The number of pyridine rings is 1. The van der Waals surface area contributed by atoms with Gasteiger partial charge in [0.1, 0.15) is 11.6 Å². The van der Waals surface area contributed by atoms with Gasteiger partial charge in [-0.05, 0) is 57.9 Å². The molecule has 1 fully saturated rings. The normalized spacial score (nSPS) is 14.9. The number of nitrogens with zero attached hydrogens (tertiary/aromatic N) is 5. The molecule has 6 nitrogen and oxygen atoms in total. The third-order valence-electron chi connectivity index (χ3n) is 7.16. The third-order valence-corrected chi connectivity index (χ3v) is 8.11. The van der Waals surface area contributed by atoms with Crippen LogP contribution in [0.5, 0.6) is 0 Å². The average molecular weight is 501 g/mol. The molecule has 3 aromatic heterocycles. The predicted octanol–water partition coefficient (Wildman–Crippen LogP) is 6.42. The first kappa shape index (κ1) is 24.6. The second-order valence-corrected chi connectivity index (χ2v) is 10.8.